The quantitative estimate of drug-likeness (QED) is 0.208. The van der Waals surface area contributed by atoms with Gasteiger partial charge in [-0.2, -0.15) is 5.26 Å². The second-order valence-corrected chi connectivity index (χ2v) is 14.3. The lowest BCUT2D eigenvalue weighted by molar-refractivity contribution is -0.103. The van der Waals surface area contributed by atoms with Gasteiger partial charge in [0.25, 0.3) is 0 Å². The Hall–Kier alpha value is -1.21. The maximum absolute atomic E-state index is 9.53. The van der Waals surface area contributed by atoms with Crippen LogP contribution in [0.2, 0.25) is 0 Å². The molecule has 0 aromatic rings. The van der Waals surface area contributed by atoms with Gasteiger partial charge in [0.15, 0.2) is 0 Å². The Balaban J connectivity index is 1.84. The van der Waals surface area contributed by atoms with Gasteiger partial charge in [-0.15, -0.1) is 12.3 Å². The minimum atomic E-state index is 0.306. The minimum absolute atomic E-state index is 0.306. The highest BCUT2D eigenvalue weighted by Gasteiger charge is 2.55. The van der Waals surface area contributed by atoms with Crippen molar-refractivity contribution in [1.82, 2.24) is 0 Å². The molecule has 0 aromatic heterocycles. The Morgan fingerprint density at radius 3 is 2.03 bits per heavy atom. The predicted octanol–water partition coefficient (Wildman–Crippen LogP) is 9.94. The molecule has 0 bridgehead atoms. The van der Waals surface area contributed by atoms with Gasteiger partial charge >= 0.3 is 0 Å². The Kier molecular flexibility index (Phi) is 9.87. The average molecular weight is 492 g/mol. The molecule has 3 fully saturated rings. The Bertz CT molecular complexity index is 839. The molecule has 0 aliphatic heterocycles. The van der Waals surface area contributed by atoms with Gasteiger partial charge in [0.05, 0.1) is 6.07 Å². The highest BCUT2D eigenvalue weighted by Crippen LogP contribution is 2.60. The van der Waals surface area contributed by atoms with E-state index in [-0.39, 0.29) is 0 Å². The van der Waals surface area contributed by atoms with Crippen LogP contribution in [0.3, 0.4) is 0 Å². The number of allylic oxidation sites excluding steroid dienone is 2. The molecule has 0 saturated heterocycles. The first-order valence-electron chi connectivity index (χ1n) is 15.6. The maximum Gasteiger partial charge on any atom is 0.0658 e. The molecule has 9 atom stereocenters. The first kappa shape index (κ1) is 29.3. The van der Waals surface area contributed by atoms with Gasteiger partial charge in [-0.1, -0.05) is 92.7 Å². The van der Waals surface area contributed by atoms with Crippen LogP contribution in [0.1, 0.15) is 120 Å². The second-order valence-electron chi connectivity index (χ2n) is 14.3. The van der Waals surface area contributed by atoms with E-state index in [0.717, 1.165) is 66.1 Å². The van der Waals surface area contributed by atoms with Crippen molar-refractivity contribution in [3.63, 3.8) is 0 Å². The summed E-state index contributed by atoms with van der Waals surface area (Å²) in [5.41, 5.74) is 3.68. The third kappa shape index (κ3) is 5.77. The summed E-state index contributed by atoms with van der Waals surface area (Å²) in [4.78, 5) is 0. The third-order valence-corrected chi connectivity index (χ3v) is 12.1. The predicted molar refractivity (Wildman–Crippen MR) is 155 cm³/mol. The fourth-order valence-electron chi connectivity index (χ4n) is 9.08. The van der Waals surface area contributed by atoms with Gasteiger partial charge in [-0.25, -0.2) is 0 Å². The number of rotatable bonds is 11. The first-order valence-corrected chi connectivity index (χ1v) is 15.6. The molecule has 1 nitrogen and oxygen atoms in total. The first-order chi connectivity index (χ1) is 17.0. The normalized spacial score (nSPS) is 41.0. The van der Waals surface area contributed by atoms with Crippen molar-refractivity contribution in [3.8, 4) is 18.4 Å². The van der Waals surface area contributed by atoms with Crippen LogP contribution in [0.4, 0.5) is 0 Å². The molecule has 0 radical (unpaired) electrons. The number of nitriles is 1. The molecule has 3 aliphatic carbocycles. The van der Waals surface area contributed by atoms with Crippen molar-refractivity contribution < 1.29 is 0 Å². The van der Waals surface area contributed by atoms with Gasteiger partial charge in [-0.05, 0) is 96.7 Å². The maximum atomic E-state index is 9.53. The molecule has 202 valence electrons. The molecule has 0 amide bonds. The Morgan fingerprint density at radius 2 is 1.50 bits per heavy atom. The fraction of sp³-hybridized carbons (Fsp3) is 0.857. The molecular weight excluding hydrogens is 434 g/mol. The second kappa shape index (κ2) is 12.1. The largest absolute Gasteiger partial charge is 0.198 e. The summed E-state index contributed by atoms with van der Waals surface area (Å²) >= 11 is 0. The lowest BCUT2D eigenvalue weighted by Crippen LogP contribution is -2.54. The van der Waals surface area contributed by atoms with Crippen molar-refractivity contribution in [2.75, 3.05) is 0 Å². The zero-order chi connectivity index (χ0) is 26.8. The molecule has 0 heterocycles. The Labute approximate surface area is 225 Å². The summed E-state index contributed by atoms with van der Waals surface area (Å²) in [5, 5.41) is 9.53. The zero-order valence-corrected chi connectivity index (χ0v) is 25.2. The van der Waals surface area contributed by atoms with Crippen LogP contribution >= 0.6 is 0 Å². The van der Waals surface area contributed by atoms with E-state index in [4.69, 9.17) is 6.42 Å². The van der Waals surface area contributed by atoms with Crippen molar-refractivity contribution in [3.05, 3.63) is 11.1 Å². The van der Waals surface area contributed by atoms with Gasteiger partial charge in [0, 0.05) is 12.3 Å². The lowest BCUT2D eigenvalue weighted by Gasteiger charge is -2.59. The molecular formula is C35H57N. The number of nitrogens with zero attached hydrogens (tertiary/aromatic N) is 1. The van der Waals surface area contributed by atoms with Crippen LogP contribution in [0, 0.1) is 94.2 Å². The molecule has 0 spiro atoms. The summed E-state index contributed by atoms with van der Waals surface area (Å²) in [6.45, 7) is 22.0. The van der Waals surface area contributed by atoms with Crippen LogP contribution in [0.25, 0.3) is 0 Å². The third-order valence-electron chi connectivity index (χ3n) is 12.1. The van der Waals surface area contributed by atoms with Crippen LogP contribution in [-0.4, -0.2) is 0 Å². The highest BCUT2D eigenvalue weighted by molar-refractivity contribution is 5.24. The summed E-state index contributed by atoms with van der Waals surface area (Å²) in [7, 11) is 0. The van der Waals surface area contributed by atoms with E-state index < -0.39 is 0 Å². The number of terminal acetylenes is 1. The average Bonchev–Trinajstić information content (AvgIpc) is 3.11. The van der Waals surface area contributed by atoms with Crippen molar-refractivity contribution >= 4 is 0 Å². The monoisotopic (exact) mass is 491 g/mol. The Morgan fingerprint density at radius 1 is 0.861 bits per heavy atom. The van der Waals surface area contributed by atoms with Crippen LogP contribution < -0.4 is 0 Å². The van der Waals surface area contributed by atoms with E-state index in [2.05, 4.69) is 74.3 Å². The molecule has 3 saturated carbocycles. The molecule has 1 heteroatoms. The standard InChI is InChI=1S/C35H57N/c1-11-15-27(17-31-24(7)34(25(31)8)33-19-29(21-36)30(33)13-3)28(20-35(9,10)14-4)18-32-23(6)22(5)16-26(32)12-2/h1,22-26,29-34H,12-20H2,2-10H3/b28-27-. The SMILES string of the molecule is C#CC/C(CC1C(C)C(C2CC(C#N)C2CC)C1C)=C(\CC1C(CC)CC(C)C1C)CC(C)(C)CC. The summed E-state index contributed by atoms with van der Waals surface area (Å²) in [6.07, 6.45) is 16.8. The summed E-state index contributed by atoms with van der Waals surface area (Å²) < 4.78 is 0. The fourth-order valence-corrected chi connectivity index (χ4v) is 9.08. The van der Waals surface area contributed by atoms with E-state index in [1.54, 1.807) is 11.1 Å². The van der Waals surface area contributed by atoms with Crippen molar-refractivity contribution in [1.29, 1.82) is 5.26 Å². The smallest absolute Gasteiger partial charge is 0.0658 e. The molecule has 0 N–H and O–H groups in total. The zero-order valence-electron chi connectivity index (χ0n) is 25.2. The van der Waals surface area contributed by atoms with Crippen molar-refractivity contribution in [2.45, 2.75) is 120 Å². The topological polar surface area (TPSA) is 23.8 Å². The summed E-state index contributed by atoms with van der Waals surface area (Å²) in [6, 6.07) is 2.59. The molecule has 3 aliphatic rings. The van der Waals surface area contributed by atoms with Gasteiger partial charge in [0.2, 0.25) is 0 Å². The van der Waals surface area contributed by atoms with E-state index in [0.29, 0.717) is 17.3 Å². The van der Waals surface area contributed by atoms with Gasteiger partial charge < -0.3 is 0 Å². The number of hydrogen-bond donors (Lipinski definition) is 0. The molecule has 3 rings (SSSR count). The van der Waals surface area contributed by atoms with Crippen LogP contribution in [0.5, 0.6) is 0 Å². The van der Waals surface area contributed by atoms with Crippen molar-refractivity contribution in [2.24, 2.45) is 70.5 Å². The van der Waals surface area contributed by atoms with Crippen LogP contribution in [0.15, 0.2) is 11.1 Å². The highest BCUT2D eigenvalue weighted by atomic mass is 14.6. The van der Waals surface area contributed by atoms with E-state index >= 15 is 0 Å². The minimum Gasteiger partial charge on any atom is -0.198 e. The van der Waals surface area contributed by atoms with E-state index in [1.807, 2.05) is 0 Å². The summed E-state index contributed by atoms with van der Waals surface area (Å²) in [5.74, 6) is 11.2. The molecule has 9 unspecified atom stereocenters. The van der Waals surface area contributed by atoms with Gasteiger partial charge in [0.1, 0.15) is 0 Å². The lowest BCUT2D eigenvalue weighted by atomic mass is 9.45. The van der Waals surface area contributed by atoms with E-state index in [1.165, 1.54) is 44.9 Å². The molecule has 36 heavy (non-hydrogen) atoms. The van der Waals surface area contributed by atoms with Crippen LogP contribution in [-0.2, 0) is 0 Å². The number of hydrogen-bond acceptors (Lipinski definition) is 1. The molecule has 0 aromatic carbocycles. The van der Waals surface area contributed by atoms with Gasteiger partial charge in [-0.3, -0.25) is 0 Å². The van der Waals surface area contributed by atoms with E-state index in [9.17, 15) is 5.26 Å².